The van der Waals surface area contributed by atoms with Crippen LogP contribution >= 0.6 is 0 Å². The number of nitrogens with two attached hydrogens (primary N) is 1. The van der Waals surface area contributed by atoms with E-state index in [2.05, 4.69) is 34.9 Å². The fourth-order valence-electron chi connectivity index (χ4n) is 4.61. The van der Waals surface area contributed by atoms with Gasteiger partial charge in [0, 0.05) is 11.8 Å². The fraction of sp³-hybridized carbons (Fsp3) is 0.571. The molecule has 0 amide bonds. The molecule has 1 heterocycles. The Balaban J connectivity index is 1.70. The van der Waals surface area contributed by atoms with Crippen molar-refractivity contribution in [2.75, 3.05) is 5.73 Å². The van der Waals surface area contributed by atoms with Crippen LogP contribution in [0.5, 0.6) is 0 Å². The summed E-state index contributed by atoms with van der Waals surface area (Å²) in [6.45, 7) is 0.859. The van der Waals surface area contributed by atoms with Crippen molar-refractivity contribution in [2.45, 2.75) is 76.2 Å². The number of hydrogen-bond donors (Lipinski definition) is 1. The Bertz CT molecular complexity index is 662. The zero-order chi connectivity index (χ0) is 16.4. The molecule has 2 N–H and O–H groups in total. The molecule has 0 saturated heterocycles. The van der Waals surface area contributed by atoms with E-state index < -0.39 is 0 Å². The van der Waals surface area contributed by atoms with E-state index in [1.54, 1.807) is 0 Å². The lowest BCUT2D eigenvalue weighted by Gasteiger charge is -2.22. The SMILES string of the molecule is Nc1c(C2CCCC2)nc(C2CCCCC2)n1Cc1ccccc1. The highest BCUT2D eigenvalue weighted by molar-refractivity contribution is 5.42. The number of aromatic nitrogens is 2. The minimum atomic E-state index is 0.587. The second-order valence-electron chi connectivity index (χ2n) is 7.63. The lowest BCUT2D eigenvalue weighted by atomic mass is 9.88. The maximum atomic E-state index is 6.64. The fourth-order valence-corrected chi connectivity index (χ4v) is 4.61. The van der Waals surface area contributed by atoms with E-state index in [0.717, 1.165) is 12.4 Å². The van der Waals surface area contributed by atoms with Crippen molar-refractivity contribution in [3.63, 3.8) is 0 Å². The number of nitrogens with zero attached hydrogens (tertiary/aromatic N) is 2. The number of rotatable bonds is 4. The van der Waals surface area contributed by atoms with Crippen molar-refractivity contribution >= 4 is 5.82 Å². The highest BCUT2D eigenvalue weighted by Crippen LogP contribution is 2.40. The van der Waals surface area contributed by atoms with E-state index >= 15 is 0 Å². The van der Waals surface area contributed by atoms with Gasteiger partial charge in [0.15, 0.2) is 0 Å². The molecule has 2 aromatic rings. The van der Waals surface area contributed by atoms with Crippen molar-refractivity contribution < 1.29 is 0 Å². The lowest BCUT2D eigenvalue weighted by Crippen LogP contribution is -2.14. The Morgan fingerprint density at radius 1 is 0.875 bits per heavy atom. The molecular formula is C21H29N3. The molecule has 3 heteroatoms. The van der Waals surface area contributed by atoms with Crippen LogP contribution in [-0.2, 0) is 6.54 Å². The first kappa shape index (κ1) is 15.7. The first-order valence-electron chi connectivity index (χ1n) is 9.72. The molecule has 4 rings (SSSR count). The molecule has 0 atom stereocenters. The number of benzene rings is 1. The molecule has 0 spiro atoms. The van der Waals surface area contributed by atoms with E-state index in [9.17, 15) is 0 Å². The molecule has 128 valence electrons. The summed E-state index contributed by atoms with van der Waals surface area (Å²) in [7, 11) is 0. The lowest BCUT2D eigenvalue weighted by molar-refractivity contribution is 0.418. The predicted octanol–water partition coefficient (Wildman–Crippen LogP) is 5.22. The first-order chi connectivity index (χ1) is 11.8. The summed E-state index contributed by atoms with van der Waals surface area (Å²) in [6.07, 6.45) is 11.8. The van der Waals surface area contributed by atoms with Crippen LogP contribution in [0.1, 0.15) is 86.7 Å². The van der Waals surface area contributed by atoms with E-state index in [0.29, 0.717) is 11.8 Å². The van der Waals surface area contributed by atoms with Gasteiger partial charge in [-0.25, -0.2) is 4.98 Å². The minimum absolute atomic E-state index is 0.587. The Kier molecular flexibility index (Phi) is 4.59. The van der Waals surface area contributed by atoms with Gasteiger partial charge in [-0.05, 0) is 31.2 Å². The zero-order valence-corrected chi connectivity index (χ0v) is 14.6. The molecule has 2 fully saturated rings. The standard InChI is InChI=1S/C21H29N3/c22-20-19(17-11-7-8-12-17)23-21(18-13-5-2-6-14-18)24(20)15-16-9-3-1-4-10-16/h1,3-4,9-10,17-18H,2,5-8,11-15,22H2. The molecule has 0 bridgehead atoms. The van der Waals surface area contributed by atoms with E-state index in [-0.39, 0.29) is 0 Å². The van der Waals surface area contributed by atoms with Crippen LogP contribution in [0, 0.1) is 0 Å². The molecule has 0 aliphatic heterocycles. The number of hydrogen-bond acceptors (Lipinski definition) is 2. The van der Waals surface area contributed by atoms with Crippen LogP contribution in [0.15, 0.2) is 30.3 Å². The Morgan fingerprint density at radius 3 is 2.21 bits per heavy atom. The quantitative estimate of drug-likeness (QED) is 0.838. The Morgan fingerprint density at radius 2 is 1.50 bits per heavy atom. The van der Waals surface area contributed by atoms with Gasteiger partial charge in [-0.1, -0.05) is 62.4 Å². The molecular weight excluding hydrogens is 294 g/mol. The predicted molar refractivity (Wildman–Crippen MR) is 99.2 cm³/mol. The number of nitrogen functional groups attached to an aromatic ring is 1. The van der Waals surface area contributed by atoms with Crippen LogP contribution < -0.4 is 5.73 Å². The largest absolute Gasteiger partial charge is 0.384 e. The summed E-state index contributed by atoms with van der Waals surface area (Å²) in [5.41, 5.74) is 9.15. The molecule has 0 unspecified atom stereocenters. The second kappa shape index (κ2) is 7.00. The normalized spacial score (nSPS) is 19.8. The number of imidazole rings is 1. The molecule has 3 nitrogen and oxygen atoms in total. The van der Waals surface area contributed by atoms with Crippen molar-refractivity contribution in [3.05, 3.63) is 47.4 Å². The van der Waals surface area contributed by atoms with Crippen LogP contribution in [0.2, 0.25) is 0 Å². The third-order valence-corrected chi connectivity index (χ3v) is 5.96. The van der Waals surface area contributed by atoms with E-state index in [1.807, 2.05) is 0 Å². The number of anilines is 1. The second-order valence-corrected chi connectivity index (χ2v) is 7.63. The van der Waals surface area contributed by atoms with Crippen LogP contribution in [0.25, 0.3) is 0 Å². The maximum absolute atomic E-state index is 6.64. The van der Waals surface area contributed by atoms with Crippen LogP contribution in [-0.4, -0.2) is 9.55 Å². The van der Waals surface area contributed by atoms with Gasteiger partial charge in [-0.3, -0.25) is 0 Å². The van der Waals surface area contributed by atoms with Crippen molar-refractivity contribution in [3.8, 4) is 0 Å². The van der Waals surface area contributed by atoms with E-state index in [4.69, 9.17) is 10.7 Å². The summed E-state index contributed by atoms with van der Waals surface area (Å²) in [4.78, 5) is 5.15. The summed E-state index contributed by atoms with van der Waals surface area (Å²) < 4.78 is 2.33. The van der Waals surface area contributed by atoms with Gasteiger partial charge in [0.05, 0.1) is 12.2 Å². The monoisotopic (exact) mass is 323 g/mol. The average molecular weight is 323 g/mol. The summed E-state index contributed by atoms with van der Waals surface area (Å²) in [6, 6.07) is 10.7. The van der Waals surface area contributed by atoms with Crippen LogP contribution in [0.4, 0.5) is 5.82 Å². The van der Waals surface area contributed by atoms with Crippen molar-refractivity contribution in [1.29, 1.82) is 0 Å². The zero-order valence-electron chi connectivity index (χ0n) is 14.6. The maximum Gasteiger partial charge on any atom is 0.127 e. The molecule has 24 heavy (non-hydrogen) atoms. The van der Waals surface area contributed by atoms with Gasteiger partial charge in [0.2, 0.25) is 0 Å². The summed E-state index contributed by atoms with van der Waals surface area (Å²) in [5, 5.41) is 0. The third kappa shape index (κ3) is 3.09. The van der Waals surface area contributed by atoms with Crippen LogP contribution in [0.3, 0.4) is 0 Å². The molecule has 1 aromatic carbocycles. The Hall–Kier alpha value is -1.77. The molecule has 2 aliphatic carbocycles. The highest BCUT2D eigenvalue weighted by Gasteiger charge is 2.28. The summed E-state index contributed by atoms with van der Waals surface area (Å²) in [5.74, 6) is 3.38. The first-order valence-corrected chi connectivity index (χ1v) is 9.72. The van der Waals surface area contributed by atoms with Gasteiger partial charge < -0.3 is 10.3 Å². The molecule has 1 aromatic heterocycles. The minimum Gasteiger partial charge on any atom is -0.384 e. The highest BCUT2D eigenvalue weighted by atomic mass is 15.1. The van der Waals surface area contributed by atoms with Gasteiger partial charge in [-0.15, -0.1) is 0 Å². The Labute approximate surface area is 145 Å². The van der Waals surface area contributed by atoms with Crippen molar-refractivity contribution in [1.82, 2.24) is 9.55 Å². The average Bonchev–Trinajstić information content (AvgIpc) is 3.26. The van der Waals surface area contributed by atoms with Gasteiger partial charge in [-0.2, -0.15) is 0 Å². The van der Waals surface area contributed by atoms with Gasteiger partial charge >= 0.3 is 0 Å². The molecule has 0 radical (unpaired) electrons. The topological polar surface area (TPSA) is 43.8 Å². The van der Waals surface area contributed by atoms with E-state index in [1.165, 1.54) is 74.9 Å². The smallest absolute Gasteiger partial charge is 0.127 e. The molecule has 2 aliphatic rings. The third-order valence-electron chi connectivity index (χ3n) is 5.96. The van der Waals surface area contributed by atoms with Gasteiger partial charge in [0.1, 0.15) is 11.6 Å². The summed E-state index contributed by atoms with van der Waals surface area (Å²) >= 11 is 0. The van der Waals surface area contributed by atoms with Gasteiger partial charge in [0.25, 0.3) is 0 Å². The van der Waals surface area contributed by atoms with Crippen molar-refractivity contribution in [2.24, 2.45) is 0 Å². The molecule has 2 saturated carbocycles.